The van der Waals surface area contributed by atoms with Crippen LogP contribution >= 0.6 is 10.7 Å². The zero-order chi connectivity index (χ0) is 15.5. The molecule has 0 aliphatic carbocycles. The third-order valence-corrected chi connectivity index (χ3v) is 3.95. The van der Waals surface area contributed by atoms with Crippen LogP contribution in [0.2, 0.25) is 0 Å². The molecule has 1 amide bonds. The third kappa shape index (κ3) is 5.09. The van der Waals surface area contributed by atoms with E-state index < -0.39 is 25.7 Å². The van der Waals surface area contributed by atoms with Gasteiger partial charge < -0.3 is 5.32 Å². The summed E-state index contributed by atoms with van der Waals surface area (Å²) in [6.07, 6.45) is 0.766. The molecule has 1 atom stereocenters. The van der Waals surface area contributed by atoms with Gasteiger partial charge in [0.05, 0.1) is 4.90 Å². The van der Waals surface area contributed by atoms with Crippen molar-refractivity contribution < 1.29 is 17.6 Å². The van der Waals surface area contributed by atoms with Gasteiger partial charge in [-0.25, -0.2) is 12.8 Å². The Labute approximate surface area is 122 Å². The second-order valence-corrected chi connectivity index (χ2v) is 7.68. The molecule has 1 unspecified atom stereocenters. The fraction of sp³-hybridized carbons (Fsp3) is 0.462. The van der Waals surface area contributed by atoms with Crippen molar-refractivity contribution in [3.63, 3.8) is 0 Å². The van der Waals surface area contributed by atoms with Gasteiger partial charge in [-0.1, -0.05) is 13.8 Å². The van der Waals surface area contributed by atoms with E-state index in [0.717, 1.165) is 24.6 Å². The summed E-state index contributed by atoms with van der Waals surface area (Å²) >= 11 is 0. The van der Waals surface area contributed by atoms with Crippen LogP contribution in [-0.2, 0) is 9.05 Å². The molecule has 0 heterocycles. The second kappa shape index (κ2) is 6.54. The van der Waals surface area contributed by atoms with Crippen LogP contribution in [0.1, 0.15) is 37.6 Å². The lowest BCUT2D eigenvalue weighted by molar-refractivity contribution is 0.0935. The molecule has 0 bridgehead atoms. The number of benzene rings is 1. The molecule has 1 rings (SSSR count). The van der Waals surface area contributed by atoms with Gasteiger partial charge in [0.25, 0.3) is 15.0 Å². The Hall–Kier alpha value is -1.14. The Bertz CT molecular complexity index is 602. The van der Waals surface area contributed by atoms with Gasteiger partial charge in [-0.2, -0.15) is 0 Å². The van der Waals surface area contributed by atoms with Gasteiger partial charge in [0, 0.05) is 22.3 Å². The highest BCUT2D eigenvalue weighted by Gasteiger charge is 2.17. The summed E-state index contributed by atoms with van der Waals surface area (Å²) in [4.78, 5) is 11.5. The molecular formula is C13H17ClFNO3S. The maximum atomic E-state index is 13.4. The number of rotatable bonds is 5. The van der Waals surface area contributed by atoms with E-state index in [1.807, 2.05) is 20.8 Å². The normalized spacial score (nSPS) is 13.3. The van der Waals surface area contributed by atoms with Crippen molar-refractivity contribution in [2.45, 2.75) is 38.1 Å². The quantitative estimate of drug-likeness (QED) is 0.848. The molecule has 0 spiro atoms. The van der Waals surface area contributed by atoms with Crippen LogP contribution in [0.5, 0.6) is 0 Å². The zero-order valence-corrected chi connectivity index (χ0v) is 13.1. The Morgan fingerprint density at radius 2 is 1.90 bits per heavy atom. The molecule has 112 valence electrons. The first-order chi connectivity index (χ1) is 9.09. The highest BCUT2D eigenvalue weighted by molar-refractivity contribution is 8.13. The van der Waals surface area contributed by atoms with Crippen molar-refractivity contribution in [1.29, 1.82) is 0 Å². The topological polar surface area (TPSA) is 63.2 Å². The number of carbonyl (C=O) groups is 1. The standard InChI is InChI=1S/C13H17ClFNO3S/c1-8(2)4-9(3)16-13(17)10-5-11(15)7-12(6-10)20(14,18)19/h5-9H,4H2,1-3H3,(H,16,17). The molecule has 1 aromatic carbocycles. The van der Waals surface area contributed by atoms with Crippen molar-refractivity contribution in [2.24, 2.45) is 5.92 Å². The number of nitrogens with one attached hydrogen (secondary N) is 1. The molecular weight excluding hydrogens is 305 g/mol. The molecule has 0 fully saturated rings. The largest absolute Gasteiger partial charge is 0.350 e. The second-order valence-electron chi connectivity index (χ2n) is 5.12. The van der Waals surface area contributed by atoms with Crippen LogP contribution in [0.25, 0.3) is 0 Å². The minimum absolute atomic E-state index is 0.0696. The van der Waals surface area contributed by atoms with Gasteiger partial charge in [0.2, 0.25) is 0 Å². The summed E-state index contributed by atoms with van der Waals surface area (Å²) in [5.41, 5.74) is -0.0696. The number of hydrogen-bond donors (Lipinski definition) is 1. The molecule has 0 saturated carbocycles. The lowest BCUT2D eigenvalue weighted by atomic mass is 10.0. The Morgan fingerprint density at radius 3 is 2.40 bits per heavy atom. The van der Waals surface area contributed by atoms with Gasteiger partial charge in [0.15, 0.2) is 0 Å². The van der Waals surface area contributed by atoms with Crippen LogP contribution in [0.15, 0.2) is 23.1 Å². The van der Waals surface area contributed by atoms with E-state index in [1.54, 1.807) is 0 Å². The molecule has 0 radical (unpaired) electrons. The summed E-state index contributed by atoms with van der Waals surface area (Å²) in [7, 11) is 1.08. The van der Waals surface area contributed by atoms with Crippen molar-refractivity contribution in [3.8, 4) is 0 Å². The Balaban J connectivity index is 2.97. The lowest BCUT2D eigenvalue weighted by Gasteiger charge is -2.16. The number of carbonyl (C=O) groups excluding carboxylic acids is 1. The molecule has 0 saturated heterocycles. The van der Waals surface area contributed by atoms with Gasteiger partial charge in [0.1, 0.15) is 5.82 Å². The number of hydrogen-bond acceptors (Lipinski definition) is 3. The molecule has 0 aliphatic rings. The first-order valence-corrected chi connectivity index (χ1v) is 8.46. The summed E-state index contributed by atoms with van der Waals surface area (Å²) in [5.74, 6) is -0.954. The fourth-order valence-electron chi connectivity index (χ4n) is 1.91. The average molecular weight is 322 g/mol. The predicted molar refractivity (Wildman–Crippen MR) is 75.8 cm³/mol. The SMILES string of the molecule is CC(C)CC(C)NC(=O)c1cc(F)cc(S(=O)(=O)Cl)c1. The molecule has 0 aromatic heterocycles. The Kier molecular flexibility index (Phi) is 5.53. The minimum Gasteiger partial charge on any atom is -0.350 e. The van der Waals surface area contributed by atoms with E-state index in [0.29, 0.717) is 5.92 Å². The summed E-state index contributed by atoms with van der Waals surface area (Å²) < 4.78 is 35.8. The maximum absolute atomic E-state index is 13.4. The monoisotopic (exact) mass is 321 g/mol. The molecule has 20 heavy (non-hydrogen) atoms. The van der Waals surface area contributed by atoms with E-state index in [2.05, 4.69) is 5.32 Å². The van der Waals surface area contributed by atoms with Crippen LogP contribution < -0.4 is 5.32 Å². The third-order valence-electron chi connectivity index (χ3n) is 2.62. The van der Waals surface area contributed by atoms with E-state index in [4.69, 9.17) is 10.7 Å². The minimum atomic E-state index is -4.08. The highest BCUT2D eigenvalue weighted by atomic mass is 35.7. The van der Waals surface area contributed by atoms with Gasteiger partial charge >= 0.3 is 0 Å². The van der Waals surface area contributed by atoms with Crippen molar-refractivity contribution in [2.75, 3.05) is 0 Å². The first-order valence-electron chi connectivity index (χ1n) is 6.15. The van der Waals surface area contributed by atoms with E-state index in [-0.39, 0.29) is 11.6 Å². The summed E-state index contributed by atoms with van der Waals surface area (Å²) in [6, 6.07) is 2.71. The first kappa shape index (κ1) is 16.9. The van der Waals surface area contributed by atoms with Crippen molar-refractivity contribution in [3.05, 3.63) is 29.6 Å². The molecule has 7 heteroatoms. The van der Waals surface area contributed by atoms with Crippen LogP contribution in [0.3, 0.4) is 0 Å². The maximum Gasteiger partial charge on any atom is 0.261 e. The summed E-state index contributed by atoms with van der Waals surface area (Å²) in [5, 5.41) is 2.69. The fourth-order valence-corrected chi connectivity index (χ4v) is 2.70. The smallest absolute Gasteiger partial charge is 0.261 e. The van der Waals surface area contributed by atoms with Crippen LogP contribution in [0, 0.1) is 11.7 Å². The van der Waals surface area contributed by atoms with Gasteiger partial charge in [-0.3, -0.25) is 4.79 Å². The van der Waals surface area contributed by atoms with E-state index >= 15 is 0 Å². The van der Waals surface area contributed by atoms with Gasteiger partial charge in [-0.15, -0.1) is 0 Å². The van der Waals surface area contributed by atoms with Crippen molar-refractivity contribution in [1.82, 2.24) is 5.32 Å². The number of halogens is 2. The zero-order valence-electron chi connectivity index (χ0n) is 11.5. The predicted octanol–water partition coefficient (Wildman–Crippen LogP) is 2.92. The number of amides is 1. The summed E-state index contributed by atoms with van der Waals surface area (Å²) in [6.45, 7) is 5.86. The van der Waals surface area contributed by atoms with Gasteiger partial charge in [-0.05, 0) is 37.5 Å². The van der Waals surface area contributed by atoms with Crippen LogP contribution in [0.4, 0.5) is 4.39 Å². The van der Waals surface area contributed by atoms with E-state index in [9.17, 15) is 17.6 Å². The highest BCUT2D eigenvalue weighted by Crippen LogP contribution is 2.18. The lowest BCUT2D eigenvalue weighted by Crippen LogP contribution is -2.33. The average Bonchev–Trinajstić information content (AvgIpc) is 2.25. The van der Waals surface area contributed by atoms with E-state index in [1.165, 1.54) is 0 Å². The molecule has 1 aromatic rings. The van der Waals surface area contributed by atoms with Crippen molar-refractivity contribution >= 4 is 25.6 Å². The van der Waals surface area contributed by atoms with Crippen LogP contribution in [-0.4, -0.2) is 20.4 Å². The Morgan fingerprint density at radius 1 is 1.30 bits per heavy atom. The molecule has 1 N–H and O–H groups in total. The molecule has 4 nitrogen and oxygen atoms in total. The molecule has 0 aliphatic heterocycles.